The number of amidine groups is 1. The highest BCUT2D eigenvalue weighted by Crippen LogP contribution is 2.29. The Labute approximate surface area is 224 Å². The van der Waals surface area contributed by atoms with Crippen molar-refractivity contribution >= 4 is 41.2 Å². The second-order valence-corrected chi connectivity index (χ2v) is 10.1. The first kappa shape index (κ1) is 28.4. The number of aliphatic imine (C=N–C) groups is 1. The molecule has 2 aromatic carbocycles. The average Bonchev–Trinajstić information content (AvgIpc) is 3.02. The summed E-state index contributed by atoms with van der Waals surface area (Å²) >= 11 is 0. The smallest absolute Gasteiger partial charge is 0.407 e. The average molecular weight is 520 g/mol. The van der Waals surface area contributed by atoms with Crippen molar-refractivity contribution in [2.45, 2.75) is 52.6 Å². The zero-order valence-electron chi connectivity index (χ0n) is 22.5. The summed E-state index contributed by atoms with van der Waals surface area (Å²) in [6.07, 6.45) is 2.89. The first-order chi connectivity index (χ1) is 18.1. The van der Waals surface area contributed by atoms with Gasteiger partial charge in [0, 0.05) is 48.4 Å². The molecule has 3 rings (SSSR count). The Balaban J connectivity index is 1.70. The van der Waals surface area contributed by atoms with Crippen LogP contribution in [0.3, 0.4) is 0 Å². The number of carbonyl (C=O) groups excluding carboxylic acids is 3. The molecule has 1 heterocycles. The van der Waals surface area contributed by atoms with Gasteiger partial charge in [-0.15, -0.1) is 0 Å². The highest BCUT2D eigenvalue weighted by atomic mass is 16.6. The van der Waals surface area contributed by atoms with Crippen molar-refractivity contribution in [2.24, 2.45) is 10.7 Å². The molecule has 0 aliphatic carbocycles. The van der Waals surface area contributed by atoms with Crippen molar-refractivity contribution in [3.05, 3.63) is 65.2 Å². The number of rotatable bonds is 9. The summed E-state index contributed by atoms with van der Waals surface area (Å²) in [6.45, 7) is 8.87. The maximum Gasteiger partial charge on any atom is 0.407 e. The third kappa shape index (κ3) is 8.47. The molecule has 2 aromatic rings. The zero-order chi connectivity index (χ0) is 27.7. The van der Waals surface area contributed by atoms with Gasteiger partial charge in [0.2, 0.25) is 5.91 Å². The first-order valence-electron chi connectivity index (χ1n) is 12.9. The van der Waals surface area contributed by atoms with Gasteiger partial charge in [-0.05, 0) is 64.0 Å². The van der Waals surface area contributed by atoms with E-state index >= 15 is 0 Å². The summed E-state index contributed by atoms with van der Waals surface area (Å²) in [4.78, 5) is 44.3. The van der Waals surface area contributed by atoms with Crippen LogP contribution in [-0.2, 0) is 9.53 Å². The van der Waals surface area contributed by atoms with E-state index in [1.807, 2.05) is 58.0 Å². The molecule has 0 spiro atoms. The van der Waals surface area contributed by atoms with Crippen LogP contribution in [0.2, 0.25) is 0 Å². The minimum Gasteiger partial charge on any atom is -0.444 e. The van der Waals surface area contributed by atoms with Crippen LogP contribution in [0.5, 0.6) is 0 Å². The predicted octanol–water partition coefficient (Wildman–Crippen LogP) is 4.87. The van der Waals surface area contributed by atoms with Crippen LogP contribution in [0.4, 0.5) is 16.2 Å². The minimum atomic E-state index is -0.565. The molecule has 0 radical (unpaired) electrons. The van der Waals surface area contributed by atoms with Gasteiger partial charge in [0.1, 0.15) is 11.4 Å². The molecule has 9 nitrogen and oxygen atoms in total. The Bertz CT molecular complexity index is 1220. The molecular formula is C29H37N5O4. The van der Waals surface area contributed by atoms with Crippen LogP contribution in [-0.4, -0.2) is 53.9 Å². The van der Waals surface area contributed by atoms with Crippen molar-refractivity contribution in [3.8, 4) is 0 Å². The van der Waals surface area contributed by atoms with Gasteiger partial charge in [0.25, 0.3) is 5.91 Å². The Morgan fingerprint density at radius 3 is 2.50 bits per heavy atom. The summed E-state index contributed by atoms with van der Waals surface area (Å²) in [5, 5.41) is 5.59. The number of fused-ring (bicyclic) bond motifs is 1. The molecule has 1 aliphatic heterocycles. The highest BCUT2D eigenvalue weighted by Gasteiger charge is 2.22. The topological polar surface area (TPSA) is 126 Å². The summed E-state index contributed by atoms with van der Waals surface area (Å²) in [7, 11) is 0. The number of nitrogens with two attached hydrogens (primary N) is 1. The van der Waals surface area contributed by atoms with E-state index in [4.69, 9.17) is 10.5 Å². The van der Waals surface area contributed by atoms with Gasteiger partial charge in [0.05, 0.1) is 5.69 Å². The fraction of sp³-hybridized carbons (Fsp3) is 0.379. The van der Waals surface area contributed by atoms with Crippen LogP contribution in [0.1, 0.15) is 62.9 Å². The van der Waals surface area contributed by atoms with Gasteiger partial charge < -0.3 is 26.0 Å². The fourth-order valence-corrected chi connectivity index (χ4v) is 3.96. The molecule has 1 aliphatic rings. The van der Waals surface area contributed by atoms with E-state index in [9.17, 15) is 14.4 Å². The molecule has 0 fully saturated rings. The number of nitrogens with one attached hydrogen (secondary N) is 2. The number of benzene rings is 2. The van der Waals surface area contributed by atoms with Gasteiger partial charge in [-0.3, -0.25) is 9.59 Å². The quantitative estimate of drug-likeness (QED) is 0.408. The van der Waals surface area contributed by atoms with E-state index in [1.54, 1.807) is 29.2 Å². The molecule has 4 N–H and O–H groups in total. The van der Waals surface area contributed by atoms with E-state index in [2.05, 4.69) is 15.6 Å². The number of amides is 3. The second-order valence-electron chi connectivity index (χ2n) is 10.1. The lowest BCUT2D eigenvalue weighted by Crippen LogP contribution is -2.37. The molecule has 0 saturated heterocycles. The molecule has 38 heavy (non-hydrogen) atoms. The molecular weight excluding hydrogens is 482 g/mol. The largest absolute Gasteiger partial charge is 0.444 e. The number of ether oxygens (including phenoxy) is 1. The number of para-hydroxylation sites is 1. The number of nitrogens with zero attached hydrogens (tertiary/aromatic N) is 2. The van der Waals surface area contributed by atoms with Crippen molar-refractivity contribution in [1.82, 2.24) is 10.2 Å². The molecule has 202 valence electrons. The van der Waals surface area contributed by atoms with Crippen LogP contribution in [0, 0.1) is 0 Å². The summed E-state index contributed by atoms with van der Waals surface area (Å²) < 4.78 is 5.25. The Hall–Kier alpha value is -4.14. The van der Waals surface area contributed by atoms with Gasteiger partial charge in [-0.1, -0.05) is 31.2 Å². The number of hydrogen-bond acceptors (Lipinski definition) is 6. The normalized spacial score (nSPS) is 12.8. The second kappa shape index (κ2) is 12.9. The van der Waals surface area contributed by atoms with Crippen molar-refractivity contribution < 1.29 is 19.1 Å². The summed E-state index contributed by atoms with van der Waals surface area (Å²) in [6, 6.07) is 14.4. The maximum absolute atomic E-state index is 13.5. The fourth-order valence-electron chi connectivity index (χ4n) is 3.96. The third-order valence-corrected chi connectivity index (χ3v) is 5.62. The number of anilines is 1. The van der Waals surface area contributed by atoms with Crippen molar-refractivity contribution in [3.63, 3.8) is 0 Å². The zero-order valence-corrected chi connectivity index (χ0v) is 22.5. The SMILES string of the molecule is CCCN(CCCNC(=O)OC(C)(C)C)C(=O)C1=Cc2ccc(C(=O)Nc3ccccc3)cc2N=C(N)C1. The van der Waals surface area contributed by atoms with E-state index in [-0.39, 0.29) is 18.2 Å². The van der Waals surface area contributed by atoms with Crippen LogP contribution in [0.15, 0.2) is 59.1 Å². The van der Waals surface area contributed by atoms with Gasteiger partial charge in [0.15, 0.2) is 0 Å². The molecule has 0 unspecified atom stereocenters. The Morgan fingerprint density at radius 2 is 1.82 bits per heavy atom. The molecule has 0 bridgehead atoms. The Kier molecular flexibility index (Phi) is 9.65. The van der Waals surface area contributed by atoms with Gasteiger partial charge in [-0.25, -0.2) is 9.79 Å². The highest BCUT2D eigenvalue weighted by molar-refractivity contribution is 6.07. The lowest BCUT2D eigenvalue weighted by molar-refractivity contribution is -0.127. The maximum atomic E-state index is 13.5. The Morgan fingerprint density at radius 1 is 1.08 bits per heavy atom. The van der Waals surface area contributed by atoms with E-state index < -0.39 is 11.7 Å². The van der Waals surface area contributed by atoms with Crippen LogP contribution >= 0.6 is 0 Å². The van der Waals surface area contributed by atoms with Crippen LogP contribution < -0.4 is 16.4 Å². The van der Waals surface area contributed by atoms with Crippen molar-refractivity contribution in [1.29, 1.82) is 0 Å². The van der Waals surface area contributed by atoms with Gasteiger partial charge in [-0.2, -0.15) is 0 Å². The first-order valence-corrected chi connectivity index (χ1v) is 12.9. The molecule has 0 aromatic heterocycles. The van der Waals surface area contributed by atoms with Crippen LogP contribution in [0.25, 0.3) is 6.08 Å². The van der Waals surface area contributed by atoms with E-state index in [1.165, 1.54) is 0 Å². The van der Waals surface area contributed by atoms with Gasteiger partial charge >= 0.3 is 6.09 Å². The molecule has 0 atom stereocenters. The summed E-state index contributed by atoms with van der Waals surface area (Å²) in [5.41, 5.74) is 8.54. The number of hydrogen-bond donors (Lipinski definition) is 3. The molecule has 3 amide bonds. The lowest BCUT2D eigenvalue weighted by atomic mass is 10.0. The van der Waals surface area contributed by atoms with E-state index in [0.717, 1.165) is 6.42 Å². The standard InChI is InChI=1S/C29H37N5O4/c1-5-15-34(16-9-14-31-28(37)38-29(2,3)4)27(36)22-17-20-12-13-21(18-24(20)33-25(30)19-22)26(35)32-23-10-7-6-8-11-23/h6-8,10-13,17-18H,5,9,14-16,19H2,1-4H3,(H2,30,33)(H,31,37)(H,32,35). The monoisotopic (exact) mass is 519 g/mol. The van der Waals surface area contributed by atoms with E-state index in [0.29, 0.717) is 60.0 Å². The number of alkyl carbamates (subject to hydrolysis) is 1. The molecule has 9 heteroatoms. The molecule has 0 saturated carbocycles. The van der Waals surface area contributed by atoms with Crippen molar-refractivity contribution in [2.75, 3.05) is 25.0 Å². The third-order valence-electron chi connectivity index (χ3n) is 5.62. The number of carbonyl (C=O) groups is 3. The summed E-state index contributed by atoms with van der Waals surface area (Å²) in [5.74, 6) is -0.0839. The minimum absolute atomic E-state index is 0.124. The lowest BCUT2D eigenvalue weighted by Gasteiger charge is -2.24. The predicted molar refractivity (Wildman–Crippen MR) is 150 cm³/mol.